The van der Waals surface area contributed by atoms with Gasteiger partial charge < -0.3 is 0 Å². The zero-order valence-electron chi connectivity index (χ0n) is 29.5. The second-order valence-electron chi connectivity index (χ2n) is 14.5. The average molecular weight is 687 g/mol. The highest BCUT2D eigenvalue weighted by Gasteiger charge is 2.34. The number of allylic oxidation sites excluding steroid dienone is 1. The molecule has 10 rings (SSSR count). The molecule has 250 valence electrons. The average Bonchev–Trinajstić information content (AvgIpc) is 3.54. The summed E-state index contributed by atoms with van der Waals surface area (Å²) < 4.78 is 1.23. The van der Waals surface area contributed by atoms with Gasteiger partial charge in [-0.2, -0.15) is 0 Å². The van der Waals surface area contributed by atoms with Crippen LogP contribution in [0.3, 0.4) is 0 Å². The van der Waals surface area contributed by atoms with Crippen LogP contribution in [0, 0.1) is 13.8 Å². The minimum absolute atomic E-state index is 0.234. The van der Waals surface area contributed by atoms with Gasteiger partial charge in [0.05, 0.1) is 11.4 Å². The Morgan fingerprint density at radius 3 is 2.42 bits per heavy atom. The van der Waals surface area contributed by atoms with E-state index in [-0.39, 0.29) is 5.92 Å². The molecular formula is C49H38N2S. The lowest BCUT2D eigenvalue weighted by Crippen LogP contribution is -2.20. The first-order chi connectivity index (χ1) is 25.6. The van der Waals surface area contributed by atoms with Crippen molar-refractivity contribution in [3.05, 3.63) is 166 Å². The molecule has 2 aromatic heterocycles. The van der Waals surface area contributed by atoms with Crippen LogP contribution in [-0.4, -0.2) is 9.97 Å². The number of aromatic nitrogens is 2. The molecule has 0 fully saturated rings. The van der Waals surface area contributed by atoms with Gasteiger partial charge in [0.2, 0.25) is 0 Å². The van der Waals surface area contributed by atoms with Crippen molar-refractivity contribution in [2.24, 2.45) is 0 Å². The third-order valence-electron chi connectivity index (χ3n) is 11.4. The van der Waals surface area contributed by atoms with Crippen LogP contribution in [-0.2, 0) is 19.3 Å². The largest absolute Gasteiger partial charge is 0.243 e. The minimum atomic E-state index is 0.234. The Kier molecular flexibility index (Phi) is 7.33. The second kappa shape index (κ2) is 12.3. The monoisotopic (exact) mass is 686 g/mol. The van der Waals surface area contributed by atoms with Gasteiger partial charge in [0, 0.05) is 15.6 Å². The van der Waals surface area contributed by atoms with E-state index in [0.717, 1.165) is 53.0 Å². The van der Waals surface area contributed by atoms with Crippen LogP contribution in [0.2, 0.25) is 0 Å². The smallest absolute Gasteiger partial charge is 0.143 e. The van der Waals surface area contributed by atoms with E-state index >= 15 is 0 Å². The van der Waals surface area contributed by atoms with E-state index in [1.165, 1.54) is 82.1 Å². The molecule has 0 aliphatic heterocycles. The van der Waals surface area contributed by atoms with E-state index in [9.17, 15) is 0 Å². The first kappa shape index (κ1) is 31.1. The number of fused-ring (bicyclic) bond motifs is 9. The fourth-order valence-electron chi connectivity index (χ4n) is 9.01. The van der Waals surface area contributed by atoms with Crippen molar-refractivity contribution in [3.8, 4) is 33.5 Å². The normalized spacial score (nSPS) is 14.8. The van der Waals surface area contributed by atoms with Gasteiger partial charge in [-0.15, -0.1) is 11.3 Å². The molecule has 0 bridgehead atoms. The number of hydrogen-bond donors (Lipinski definition) is 0. The summed E-state index contributed by atoms with van der Waals surface area (Å²) in [7, 11) is 0. The van der Waals surface area contributed by atoms with Crippen LogP contribution in [0.5, 0.6) is 0 Å². The Bertz CT molecular complexity index is 2780. The van der Waals surface area contributed by atoms with E-state index in [2.05, 4.69) is 142 Å². The van der Waals surface area contributed by atoms with E-state index in [1.807, 2.05) is 6.08 Å². The van der Waals surface area contributed by atoms with Crippen LogP contribution < -0.4 is 0 Å². The summed E-state index contributed by atoms with van der Waals surface area (Å²) in [4.78, 5) is 12.0. The van der Waals surface area contributed by atoms with Gasteiger partial charge >= 0.3 is 0 Å². The minimum Gasteiger partial charge on any atom is -0.243 e. The molecule has 1 unspecified atom stereocenters. The van der Waals surface area contributed by atoms with Crippen LogP contribution in [0.15, 0.2) is 122 Å². The topological polar surface area (TPSA) is 25.8 Å². The summed E-state index contributed by atoms with van der Waals surface area (Å²) in [6.07, 6.45) is 10.6. The summed E-state index contributed by atoms with van der Waals surface area (Å²) in [6, 6.07) is 39.9. The fraction of sp³-hybridized carbons (Fsp3) is 0.143. The summed E-state index contributed by atoms with van der Waals surface area (Å²) in [5.74, 6) is 0.234. The molecule has 2 aliphatic rings. The number of thiophene rings is 1. The molecule has 2 nitrogen and oxygen atoms in total. The standard InChI is InChI=1S/C49H38N2S/c1-4-31-25-33-13-5-6-14-34(33)27-41(31)45-30(3)44-36(26-35-15-7-8-16-37(35)46(44)39-18-10-9-17-38(39)45)28-42-47(32-23-21-29(2)22-24-32)51-48-40-19-11-12-20-43(40)52-49(48)50-42/h4-9,11-17,19-25,27,36H,1,10,18,26,28H2,2-3H3. The van der Waals surface area contributed by atoms with Gasteiger partial charge in [-0.05, 0) is 130 Å². The summed E-state index contributed by atoms with van der Waals surface area (Å²) >= 11 is 1.75. The summed E-state index contributed by atoms with van der Waals surface area (Å²) in [5.41, 5.74) is 19.2. The van der Waals surface area contributed by atoms with Gasteiger partial charge in [-0.25, -0.2) is 9.97 Å². The van der Waals surface area contributed by atoms with Crippen molar-refractivity contribution < 1.29 is 0 Å². The highest BCUT2D eigenvalue weighted by Crippen LogP contribution is 2.51. The fourth-order valence-corrected chi connectivity index (χ4v) is 10.0. The van der Waals surface area contributed by atoms with Gasteiger partial charge in [0.25, 0.3) is 0 Å². The predicted molar refractivity (Wildman–Crippen MR) is 222 cm³/mol. The highest BCUT2D eigenvalue weighted by molar-refractivity contribution is 7.25. The van der Waals surface area contributed by atoms with Crippen molar-refractivity contribution in [3.63, 3.8) is 0 Å². The maximum Gasteiger partial charge on any atom is 0.143 e. The molecule has 0 radical (unpaired) electrons. The zero-order valence-corrected chi connectivity index (χ0v) is 30.4. The van der Waals surface area contributed by atoms with Gasteiger partial charge in [-0.3, -0.25) is 0 Å². The van der Waals surface area contributed by atoms with Crippen molar-refractivity contribution in [1.29, 1.82) is 0 Å². The molecule has 3 heteroatoms. The van der Waals surface area contributed by atoms with Crippen molar-refractivity contribution in [2.45, 2.75) is 45.4 Å². The van der Waals surface area contributed by atoms with Crippen LogP contribution in [0.25, 0.3) is 76.9 Å². The third kappa shape index (κ3) is 4.91. The Labute approximate surface area is 308 Å². The molecule has 2 heterocycles. The van der Waals surface area contributed by atoms with Crippen molar-refractivity contribution >= 4 is 54.7 Å². The van der Waals surface area contributed by atoms with Gasteiger partial charge in [0.1, 0.15) is 10.3 Å². The Balaban J connectivity index is 1.24. The maximum atomic E-state index is 5.53. The molecule has 6 aromatic carbocycles. The first-order valence-electron chi connectivity index (χ1n) is 18.4. The molecule has 0 amide bonds. The van der Waals surface area contributed by atoms with Crippen LogP contribution in [0.1, 0.15) is 57.0 Å². The number of nitrogens with zero attached hydrogens (tertiary/aromatic N) is 2. The molecular weight excluding hydrogens is 649 g/mol. The maximum absolute atomic E-state index is 5.53. The lowest BCUT2D eigenvalue weighted by Gasteiger charge is -2.35. The molecule has 0 saturated heterocycles. The van der Waals surface area contributed by atoms with Crippen LogP contribution in [0.4, 0.5) is 0 Å². The van der Waals surface area contributed by atoms with Gasteiger partial charge in [0.15, 0.2) is 0 Å². The molecule has 52 heavy (non-hydrogen) atoms. The number of aryl methyl sites for hydroxylation is 1. The van der Waals surface area contributed by atoms with E-state index in [0.29, 0.717) is 0 Å². The molecule has 8 aromatic rings. The Morgan fingerprint density at radius 1 is 0.808 bits per heavy atom. The van der Waals surface area contributed by atoms with E-state index in [4.69, 9.17) is 9.97 Å². The Morgan fingerprint density at radius 2 is 1.58 bits per heavy atom. The van der Waals surface area contributed by atoms with Crippen molar-refractivity contribution in [2.75, 3.05) is 0 Å². The predicted octanol–water partition coefficient (Wildman–Crippen LogP) is 13.1. The molecule has 1 atom stereocenters. The lowest BCUT2D eigenvalue weighted by atomic mass is 9.69. The SMILES string of the molecule is C=Cc1cc2ccccc2cc1-c1c(C)c2c(c3c1C=CCC3)-c1ccccc1CC2Cc1nc2sc3ccccc3c2nc1-c1ccc(C)cc1. The second-order valence-corrected chi connectivity index (χ2v) is 15.5. The quantitative estimate of drug-likeness (QED) is 0.180. The molecule has 0 N–H and O–H groups in total. The number of benzene rings is 6. The molecule has 0 spiro atoms. The highest BCUT2D eigenvalue weighted by atomic mass is 32.1. The first-order valence-corrected chi connectivity index (χ1v) is 19.2. The van der Waals surface area contributed by atoms with Crippen LogP contribution >= 0.6 is 11.3 Å². The van der Waals surface area contributed by atoms with Gasteiger partial charge in [-0.1, -0.05) is 121 Å². The van der Waals surface area contributed by atoms with E-state index < -0.39 is 0 Å². The molecule has 2 aliphatic carbocycles. The zero-order chi connectivity index (χ0) is 34.9. The number of rotatable bonds is 5. The number of hydrogen-bond acceptors (Lipinski definition) is 3. The summed E-state index contributed by atoms with van der Waals surface area (Å²) in [6.45, 7) is 8.83. The summed E-state index contributed by atoms with van der Waals surface area (Å²) in [5, 5.41) is 3.68. The van der Waals surface area contributed by atoms with Crippen molar-refractivity contribution in [1.82, 2.24) is 9.97 Å². The Hall–Kier alpha value is -5.64. The molecule has 0 saturated carbocycles. The third-order valence-corrected chi connectivity index (χ3v) is 12.5. The lowest BCUT2D eigenvalue weighted by molar-refractivity contribution is 0.657. The van der Waals surface area contributed by atoms with E-state index in [1.54, 1.807) is 11.3 Å².